The van der Waals surface area contributed by atoms with Gasteiger partial charge in [-0.05, 0) is 42.0 Å². The van der Waals surface area contributed by atoms with E-state index in [-0.39, 0.29) is 18.2 Å². The summed E-state index contributed by atoms with van der Waals surface area (Å²) in [6.45, 7) is 0.627. The van der Waals surface area contributed by atoms with E-state index < -0.39 is 5.91 Å². The molecular formula is C23H19Cl2N3O4. The highest BCUT2D eigenvalue weighted by molar-refractivity contribution is 6.33. The van der Waals surface area contributed by atoms with Crippen molar-refractivity contribution in [1.82, 2.24) is 9.78 Å². The monoisotopic (exact) mass is 471 g/mol. The maximum Gasteiger partial charge on any atom is 0.292 e. The van der Waals surface area contributed by atoms with Gasteiger partial charge in [0.05, 0.1) is 13.7 Å². The second kappa shape index (κ2) is 9.80. The maximum absolute atomic E-state index is 12.6. The van der Waals surface area contributed by atoms with Gasteiger partial charge in [0.1, 0.15) is 17.4 Å². The molecule has 9 heteroatoms. The topological polar surface area (TPSA) is 78.5 Å². The molecule has 0 saturated heterocycles. The molecule has 4 rings (SSSR count). The van der Waals surface area contributed by atoms with E-state index in [4.69, 9.17) is 37.1 Å². The van der Waals surface area contributed by atoms with Crippen LogP contribution < -0.4 is 14.8 Å². The minimum atomic E-state index is -0.466. The predicted octanol–water partition coefficient (Wildman–Crippen LogP) is 5.67. The molecule has 0 aliphatic rings. The SMILES string of the molecule is COc1ccccc1OCc1ccc(C(=O)Nc2nn(Cc3ccc(Cl)cc3)cc2Cl)o1. The van der Waals surface area contributed by atoms with E-state index in [9.17, 15) is 4.79 Å². The van der Waals surface area contributed by atoms with Gasteiger partial charge in [0.15, 0.2) is 23.1 Å². The average Bonchev–Trinajstić information content (AvgIpc) is 3.41. The van der Waals surface area contributed by atoms with Gasteiger partial charge in [-0.25, -0.2) is 0 Å². The Kier molecular flexibility index (Phi) is 6.68. The Morgan fingerprint density at radius 3 is 2.56 bits per heavy atom. The minimum Gasteiger partial charge on any atom is -0.493 e. The van der Waals surface area contributed by atoms with E-state index in [1.807, 2.05) is 24.3 Å². The number of halogens is 2. The number of furan rings is 1. The molecule has 0 aliphatic carbocycles. The third-order valence-corrected chi connectivity index (χ3v) is 5.06. The van der Waals surface area contributed by atoms with Crippen LogP contribution in [0.2, 0.25) is 10.0 Å². The molecule has 1 amide bonds. The zero-order chi connectivity index (χ0) is 22.5. The Balaban J connectivity index is 1.37. The maximum atomic E-state index is 12.6. The number of nitrogens with zero attached hydrogens (tertiary/aromatic N) is 2. The molecule has 2 aromatic carbocycles. The van der Waals surface area contributed by atoms with Gasteiger partial charge in [-0.15, -0.1) is 0 Å². The molecule has 0 spiro atoms. The molecule has 0 fully saturated rings. The third-order valence-electron chi connectivity index (χ3n) is 4.53. The van der Waals surface area contributed by atoms with E-state index in [1.54, 1.807) is 54.4 Å². The normalized spacial score (nSPS) is 10.7. The van der Waals surface area contributed by atoms with Crippen LogP contribution in [-0.4, -0.2) is 22.8 Å². The van der Waals surface area contributed by atoms with E-state index in [1.165, 1.54) is 0 Å². The summed E-state index contributed by atoms with van der Waals surface area (Å²) in [7, 11) is 1.57. The third kappa shape index (κ3) is 5.25. The molecule has 0 aliphatic heterocycles. The number of para-hydroxylation sites is 2. The van der Waals surface area contributed by atoms with Crippen molar-refractivity contribution in [3.8, 4) is 11.5 Å². The van der Waals surface area contributed by atoms with Gasteiger partial charge in [0.2, 0.25) is 0 Å². The second-order valence-corrected chi connectivity index (χ2v) is 7.65. The number of carbonyl (C=O) groups excluding carboxylic acids is 1. The first-order chi connectivity index (χ1) is 15.5. The van der Waals surface area contributed by atoms with Crippen LogP contribution in [-0.2, 0) is 13.2 Å². The first-order valence-electron chi connectivity index (χ1n) is 9.65. The molecular weight excluding hydrogens is 453 g/mol. The molecule has 2 aromatic heterocycles. The second-order valence-electron chi connectivity index (χ2n) is 6.81. The lowest BCUT2D eigenvalue weighted by Gasteiger charge is -2.08. The highest BCUT2D eigenvalue weighted by atomic mass is 35.5. The number of hydrogen-bond acceptors (Lipinski definition) is 5. The summed E-state index contributed by atoms with van der Waals surface area (Å²) >= 11 is 12.2. The van der Waals surface area contributed by atoms with Crippen LogP contribution >= 0.6 is 23.2 Å². The van der Waals surface area contributed by atoms with Gasteiger partial charge in [-0.1, -0.05) is 47.5 Å². The van der Waals surface area contributed by atoms with Crippen molar-refractivity contribution < 1.29 is 18.7 Å². The Morgan fingerprint density at radius 2 is 1.81 bits per heavy atom. The summed E-state index contributed by atoms with van der Waals surface area (Å²) in [4.78, 5) is 12.6. The zero-order valence-electron chi connectivity index (χ0n) is 17.0. The fourth-order valence-corrected chi connectivity index (χ4v) is 3.30. The lowest BCUT2D eigenvalue weighted by atomic mass is 10.2. The lowest BCUT2D eigenvalue weighted by Crippen LogP contribution is -2.12. The fourth-order valence-electron chi connectivity index (χ4n) is 2.97. The highest BCUT2D eigenvalue weighted by Crippen LogP contribution is 2.27. The van der Waals surface area contributed by atoms with Crippen LogP contribution in [0.25, 0.3) is 0 Å². The van der Waals surface area contributed by atoms with Crippen molar-refractivity contribution in [2.24, 2.45) is 0 Å². The summed E-state index contributed by atoms with van der Waals surface area (Å²) in [5, 5.41) is 7.98. The van der Waals surface area contributed by atoms with E-state index in [0.29, 0.717) is 33.8 Å². The Bertz CT molecular complexity index is 1220. The summed E-state index contributed by atoms with van der Waals surface area (Å²) < 4.78 is 18.2. The zero-order valence-corrected chi connectivity index (χ0v) is 18.6. The number of carbonyl (C=O) groups is 1. The molecule has 0 saturated carbocycles. The van der Waals surface area contributed by atoms with Gasteiger partial charge in [-0.2, -0.15) is 5.10 Å². The number of hydrogen-bond donors (Lipinski definition) is 1. The standard InChI is InChI=1S/C23H19Cl2N3O4/c1-30-19-4-2-3-5-20(19)31-14-17-10-11-21(32-17)23(29)26-22-18(25)13-28(27-22)12-15-6-8-16(24)9-7-15/h2-11,13H,12,14H2,1H3,(H,26,27,29). The van der Waals surface area contributed by atoms with Crippen LogP contribution in [0.3, 0.4) is 0 Å². The van der Waals surface area contributed by atoms with Gasteiger partial charge in [0, 0.05) is 11.2 Å². The number of methoxy groups -OCH3 is 1. The number of benzene rings is 2. The van der Waals surface area contributed by atoms with E-state index in [0.717, 1.165) is 5.56 Å². The largest absolute Gasteiger partial charge is 0.493 e. The predicted molar refractivity (Wildman–Crippen MR) is 122 cm³/mol. The summed E-state index contributed by atoms with van der Waals surface area (Å²) in [5.74, 6) is 1.57. The van der Waals surface area contributed by atoms with Crippen molar-refractivity contribution in [2.75, 3.05) is 12.4 Å². The van der Waals surface area contributed by atoms with Gasteiger partial charge >= 0.3 is 0 Å². The molecule has 0 unspecified atom stereocenters. The Morgan fingerprint density at radius 1 is 1.06 bits per heavy atom. The van der Waals surface area contributed by atoms with Crippen molar-refractivity contribution in [3.63, 3.8) is 0 Å². The molecule has 0 bridgehead atoms. The van der Waals surface area contributed by atoms with Crippen LogP contribution in [0.1, 0.15) is 21.9 Å². The van der Waals surface area contributed by atoms with Crippen LogP contribution in [0.15, 0.2) is 71.3 Å². The molecule has 0 atom stereocenters. The van der Waals surface area contributed by atoms with Crippen molar-refractivity contribution in [3.05, 3.63) is 94.0 Å². The summed E-state index contributed by atoms with van der Waals surface area (Å²) in [6.07, 6.45) is 1.64. The Hall–Kier alpha value is -3.42. The molecule has 7 nitrogen and oxygen atoms in total. The first kappa shape index (κ1) is 21.8. The van der Waals surface area contributed by atoms with Gasteiger partial charge in [0.25, 0.3) is 5.91 Å². The number of aromatic nitrogens is 2. The highest BCUT2D eigenvalue weighted by Gasteiger charge is 2.16. The van der Waals surface area contributed by atoms with Crippen LogP contribution in [0.4, 0.5) is 5.82 Å². The molecule has 164 valence electrons. The molecule has 32 heavy (non-hydrogen) atoms. The smallest absolute Gasteiger partial charge is 0.292 e. The molecule has 1 N–H and O–H groups in total. The number of ether oxygens (including phenoxy) is 2. The quantitative estimate of drug-likeness (QED) is 0.358. The van der Waals surface area contributed by atoms with E-state index in [2.05, 4.69) is 10.4 Å². The number of nitrogens with one attached hydrogen (secondary N) is 1. The van der Waals surface area contributed by atoms with Gasteiger partial charge in [-0.3, -0.25) is 9.48 Å². The first-order valence-corrected chi connectivity index (χ1v) is 10.4. The number of anilines is 1. The van der Waals surface area contributed by atoms with Crippen LogP contribution in [0, 0.1) is 0 Å². The van der Waals surface area contributed by atoms with Gasteiger partial charge < -0.3 is 19.2 Å². The number of amides is 1. The number of rotatable bonds is 8. The Labute approximate surface area is 194 Å². The minimum absolute atomic E-state index is 0.118. The molecule has 4 aromatic rings. The van der Waals surface area contributed by atoms with Crippen molar-refractivity contribution >= 4 is 34.9 Å². The van der Waals surface area contributed by atoms with Crippen LogP contribution in [0.5, 0.6) is 11.5 Å². The summed E-state index contributed by atoms with van der Waals surface area (Å²) in [5.41, 5.74) is 0.997. The van der Waals surface area contributed by atoms with Crippen molar-refractivity contribution in [2.45, 2.75) is 13.2 Å². The molecule has 2 heterocycles. The summed E-state index contributed by atoms with van der Waals surface area (Å²) in [6, 6.07) is 17.9. The average molecular weight is 472 g/mol. The van der Waals surface area contributed by atoms with E-state index >= 15 is 0 Å². The lowest BCUT2D eigenvalue weighted by molar-refractivity contribution is 0.0992. The fraction of sp³-hybridized carbons (Fsp3) is 0.130. The van der Waals surface area contributed by atoms with Crippen molar-refractivity contribution in [1.29, 1.82) is 0 Å². The molecule has 0 radical (unpaired) electrons.